The number of hydrogen-bond acceptors (Lipinski definition) is 5. The molecule has 0 N–H and O–H groups in total. The number of fused-ring (bicyclic) bond motifs is 1. The standard InChI is InChI=1S/C26H32N2O4S/c1-18-4-8-20(9-5-18)32-17-23-22-11-14-33-24(22)10-12-28(23)25(29)16-27(26(30)19-6-7-19)15-21-3-2-13-31-21/h4-5,8-9,11,14,19,21,23H,2-3,6-7,10,12-13,15-17H2,1H3. The van der Waals surface area contributed by atoms with Crippen LogP contribution in [0.25, 0.3) is 0 Å². The third kappa shape index (κ3) is 5.25. The Kier molecular flexibility index (Phi) is 6.69. The Bertz CT molecular complexity index is 978. The molecule has 0 radical (unpaired) electrons. The minimum atomic E-state index is -0.144. The van der Waals surface area contributed by atoms with Crippen molar-refractivity contribution >= 4 is 23.2 Å². The quantitative estimate of drug-likeness (QED) is 0.588. The molecule has 1 aliphatic carbocycles. The normalized spacial score (nSPS) is 22.2. The lowest BCUT2D eigenvalue weighted by molar-refractivity contribution is -0.144. The molecule has 7 heteroatoms. The number of rotatable bonds is 8. The largest absolute Gasteiger partial charge is 0.491 e. The lowest BCUT2D eigenvalue weighted by Crippen LogP contribution is -2.49. The molecule has 2 aromatic rings. The van der Waals surface area contributed by atoms with Gasteiger partial charge in [-0.05, 0) is 68.2 Å². The first-order chi connectivity index (χ1) is 16.1. The zero-order valence-electron chi connectivity index (χ0n) is 19.2. The Hall–Kier alpha value is -2.38. The third-order valence-electron chi connectivity index (χ3n) is 6.86. The fourth-order valence-electron chi connectivity index (χ4n) is 4.79. The van der Waals surface area contributed by atoms with Gasteiger partial charge in [-0.3, -0.25) is 9.59 Å². The van der Waals surface area contributed by atoms with Crippen molar-refractivity contribution in [3.8, 4) is 5.75 Å². The van der Waals surface area contributed by atoms with Crippen molar-refractivity contribution in [1.82, 2.24) is 9.80 Å². The summed E-state index contributed by atoms with van der Waals surface area (Å²) in [4.78, 5) is 31.5. The minimum absolute atomic E-state index is 0.00338. The first kappa shape index (κ1) is 22.4. The molecule has 1 aromatic carbocycles. The monoisotopic (exact) mass is 468 g/mol. The third-order valence-corrected chi connectivity index (χ3v) is 7.85. The number of carbonyl (C=O) groups excluding carboxylic acids is 2. The molecule has 1 aromatic heterocycles. The molecule has 33 heavy (non-hydrogen) atoms. The highest BCUT2D eigenvalue weighted by molar-refractivity contribution is 7.10. The molecule has 3 heterocycles. The first-order valence-corrected chi connectivity index (χ1v) is 12.9. The van der Waals surface area contributed by atoms with Crippen LogP contribution in [0.15, 0.2) is 35.7 Å². The van der Waals surface area contributed by atoms with Gasteiger partial charge >= 0.3 is 0 Å². The first-order valence-electron chi connectivity index (χ1n) is 12.0. The van der Waals surface area contributed by atoms with Gasteiger partial charge in [-0.1, -0.05) is 17.7 Å². The van der Waals surface area contributed by atoms with Gasteiger partial charge in [-0.2, -0.15) is 0 Å². The van der Waals surface area contributed by atoms with E-state index in [-0.39, 0.29) is 36.4 Å². The summed E-state index contributed by atoms with van der Waals surface area (Å²) < 4.78 is 11.9. The molecule has 2 atom stereocenters. The average molecular weight is 469 g/mol. The second-order valence-corrected chi connectivity index (χ2v) is 10.4. The van der Waals surface area contributed by atoms with E-state index in [4.69, 9.17) is 9.47 Å². The highest BCUT2D eigenvalue weighted by atomic mass is 32.1. The number of thiophene rings is 1. The Balaban J connectivity index is 1.30. The van der Waals surface area contributed by atoms with Crippen molar-refractivity contribution in [1.29, 1.82) is 0 Å². The number of amides is 2. The van der Waals surface area contributed by atoms with Crippen LogP contribution in [0.4, 0.5) is 0 Å². The number of hydrogen-bond donors (Lipinski definition) is 0. The lowest BCUT2D eigenvalue weighted by atomic mass is 10.0. The molecule has 0 spiro atoms. The highest BCUT2D eigenvalue weighted by Crippen LogP contribution is 2.35. The molecule has 2 amide bonds. The van der Waals surface area contributed by atoms with E-state index >= 15 is 0 Å². The van der Waals surface area contributed by atoms with Crippen molar-refractivity contribution in [2.75, 3.05) is 32.8 Å². The molecular weight excluding hydrogens is 436 g/mol. The summed E-state index contributed by atoms with van der Waals surface area (Å²) in [7, 11) is 0. The van der Waals surface area contributed by atoms with Crippen molar-refractivity contribution in [3.05, 3.63) is 51.7 Å². The molecule has 2 unspecified atom stereocenters. The van der Waals surface area contributed by atoms with Crippen molar-refractivity contribution < 1.29 is 19.1 Å². The van der Waals surface area contributed by atoms with Gasteiger partial charge in [0, 0.05) is 30.5 Å². The summed E-state index contributed by atoms with van der Waals surface area (Å²) in [5.74, 6) is 1.000. The van der Waals surface area contributed by atoms with Crippen LogP contribution in [0, 0.1) is 12.8 Å². The zero-order chi connectivity index (χ0) is 22.8. The minimum Gasteiger partial charge on any atom is -0.491 e. The zero-order valence-corrected chi connectivity index (χ0v) is 20.0. The SMILES string of the molecule is Cc1ccc(OCC2c3ccsc3CCN2C(=O)CN(CC2CCCO2)C(=O)C2CC2)cc1. The maximum absolute atomic E-state index is 13.6. The molecule has 1 saturated heterocycles. The number of benzene rings is 1. The van der Waals surface area contributed by atoms with Gasteiger partial charge in [0.25, 0.3) is 0 Å². The molecule has 5 rings (SSSR count). The van der Waals surface area contributed by atoms with Crippen LogP contribution < -0.4 is 4.74 Å². The van der Waals surface area contributed by atoms with Crippen LogP contribution in [0.5, 0.6) is 5.75 Å². The molecule has 0 bridgehead atoms. The molecule has 1 saturated carbocycles. The maximum atomic E-state index is 13.6. The molecule has 3 aliphatic rings. The summed E-state index contributed by atoms with van der Waals surface area (Å²) in [5.41, 5.74) is 2.36. The fraction of sp³-hybridized carbons (Fsp3) is 0.538. The van der Waals surface area contributed by atoms with Crippen LogP contribution in [-0.4, -0.2) is 60.6 Å². The van der Waals surface area contributed by atoms with Gasteiger partial charge in [-0.15, -0.1) is 11.3 Å². The molecular formula is C26H32N2O4S. The van der Waals surface area contributed by atoms with E-state index < -0.39 is 0 Å². The predicted molar refractivity (Wildman–Crippen MR) is 127 cm³/mol. The van der Waals surface area contributed by atoms with Crippen molar-refractivity contribution in [2.45, 2.75) is 51.2 Å². The number of nitrogens with zero attached hydrogens (tertiary/aromatic N) is 2. The van der Waals surface area contributed by atoms with Crippen LogP contribution in [-0.2, 0) is 20.7 Å². The smallest absolute Gasteiger partial charge is 0.242 e. The summed E-state index contributed by atoms with van der Waals surface area (Å²) in [6.07, 6.45) is 4.74. The van der Waals surface area contributed by atoms with Gasteiger partial charge in [0.2, 0.25) is 11.8 Å². The summed E-state index contributed by atoms with van der Waals surface area (Å²) in [6, 6.07) is 9.97. The van der Waals surface area contributed by atoms with Gasteiger partial charge in [0.05, 0.1) is 18.7 Å². The van der Waals surface area contributed by atoms with E-state index in [2.05, 4.69) is 11.4 Å². The Morgan fingerprint density at radius 2 is 2.00 bits per heavy atom. The molecule has 2 fully saturated rings. The van der Waals surface area contributed by atoms with Gasteiger partial charge < -0.3 is 19.3 Å². The topological polar surface area (TPSA) is 59.1 Å². The van der Waals surface area contributed by atoms with Gasteiger partial charge in [0.1, 0.15) is 12.4 Å². The summed E-state index contributed by atoms with van der Waals surface area (Å²) in [5, 5.41) is 2.10. The Labute approximate surface area is 199 Å². The van der Waals surface area contributed by atoms with Crippen LogP contribution >= 0.6 is 11.3 Å². The number of ether oxygens (including phenoxy) is 2. The maximum Gasteiger partial charge on any atom is 0.242 e. The lowest BCUT2D eigenvalue weighted by Gasteiger charge is -2.37. The van der Waals surface area contributed by atoms with Crippen LogP contribution in [0.2, 0.25) is 0 Å². The van der Waals surface area contributed by atoms with Gasteiger partial charge in [-0.25, -0.2) is 0 Å². The second kappa shape index (κ2) is 9.85. The molecule has 2 aliphatic heterocycles. The highest BCUT2D eigenvalue weighted by Gasteiger charge is 2.38. The average Bonchev–Trinajstić information content (AvgIpc) is 3.33. The van der Waals surface area contributed by atoms with Crippen LogP contribution in [0.3, 0.4) is 0 Å². The van der Waals surface area contributed by atoms with E-state index in [1.165, 1.54) is 16.0 Å². The van der Waals surface area contributed by atoms with E-state index in [9.17, 15) is 9.59 Å². The fourth-order valence-corrected chi connectivity index (χ4v) is 5.72. The number of carbonyl (C=O) groups is 2. The number of aryl methyl sites for hydroxylation is 1. The predicted octanol–water partition coefficient (Wildman–Crippen LogP) is 3.98. The second-order valence-electron chi connectivity index (χ2n) is 9.40. The summed E-state index contributed by atoms with van der Waals surface area (Å²) >= 11 is 1.74. The van der Waals surface area contributed by atoms with Crippen molar-refractivity contribution in [3.63, 3.8) is 0 Å². The van der Waals surface area contributed by atoms with E-state index in [0.717, 1.165) is 44.5 Å². The van der Waals surface area contributed by atoms with Crippen LogP contribution in [0.1, 0.15) is 47.7 Å². The molecule has 6 nitrogen and oxygen atoms in total. The van der Waals surface area contributed by atoms with E-state index in [0.29, 0.717) is 19.7 Å². The Morgan fingerprint density at radius 3 is 2.73 bits per heavy atom. The molecule has 176 valence electrons. The summed E-state index contributed by atoms with van der Waals surface area (Å²) in [6.45, 7) is 4.49. The van der Waals surface area contributed by atoms with E-state index in [1.807, 2.05) is 36.1 Å². The van der Waals surface area contributed by atoms with Gasteiger partial charge in [0.15, 0.2) is 0 Å². The van der Waals surface area contributed by atoms with Crippen molar-refractivity contribution in [2.24, 2.45) is 5.92 Å². The Morgan fingerprint density at radius 1 is 1.18 bits per heavy atom. The van der Waals surface area contributed by atoms with E-state index in [1.54, 1.807) is 16.2 Å².